The summed E-state index contributed by atoms with van der Waals surface area (Å²) in [5.41, 5.74) is 6.78. The van der Waals surface area contributed by atoms with Gasteiger partial charge in [0.15, 0.2) is 0 Å². The Morgan fingerprint density at radius 1 is 1.05 bits per heavy atom. The first-order chi connectivity index (χ1) is 10.2. The lowest BCUT2D eigenvalue weighted by Gasteiger charge is -2.22. The molecule has 0 aliphatic rings. The molecule has 0 atom stereocenters. The van der Waals surface area contributed by atoms with Crippen LogP contribution in [0.4, 0.5) is 0 Å². The molecule has 120 valence electrons. The van der Waals surface area contributed by atoms with E-state index < -0.39 is 0 Å². The third-order valence-corrected chi connectivity index (χ3v) is 3.65. The normalized spacial score (nSPS) is 10.9. The number of nitrogens with zero attached hydrogens (tertiary/aromatic N) is 1. The van der Waals surface area contributed by atoms with Crippen molar-refractivity contribution in [1.29, 1.82) is 0 Å². The second kappa shape index (κ2) is 10.5. The molecule has 4 nitrogen and oxygen atoms in total. The second-order valence-corrected chi connectivity index (χ2v) is 5.27. The highest BCUT2D eigenvalue weighted by Crippen LogP contribution is 2.24. The molecule has 0 unspecified atom stereocenters. The molecule has 0 heterocycles. The largest absolute Gasteiger partial charge is 0.497 e. The lowest BCUT2D eigenvalue weighted by atomic mass is 10.1. The zero-order valence-corrected chi connectivity index (χ0v) is 13.7. The van der Waals surface area contributed by atoms with Gasteiger partial charge in [0, 0.05) is 6.54 Å². The average molecular weight is 294 g/mol. The van der Waals surface area contributed by atoms with Gasteiger partial charge in [-0.2, -0.15) is 0 Å². The van der Waals surface area contributed by atoms with E-state index in [-0.39, 0.29) is 0 Å². The number of hydrogen-bond donors (Lipinski definition) is 1. The summed E-state index contributed by atoms with van der Waals surface area (Å²) in [6.07, 6.45) is 4.43. The van der Waals surface area contributed by atoms with Gasteiger partial charge in [0.2, 0.25) is 0 Å². The van der Waals surface area contributed by atoms with Gasteiger partial charge < -0.3 is 20.1 Å². The van der Waals surface area contributed by atoms with Crippen molar-refractivity contribution in [3.05, 3.63) is 23.8 Å². The van der Waals surface area contributed by atoms with E-state index in [9.17, 15) is 0 Å². The molecule has 0 saturated carbocycles. The molecule has 4 heteroatoms. The number of rotatable bonds is 11. The number of unbranched alkanes of at least 4 members (excludes halogenated alkanes) is 1. The maximum atomic E-state index is 5.57. The van der Waals surface area contributed by atoms with Crippen LogP contribution in [0.2, 0.25) is 0 Å². The molecule has 2 N–H and O–H groups in total. The summed E-state index contributed by atoms with van der Waals surface area (Å²) in [6, 6.07) is 5.99. The molecular formula is C17H30N2O2. The van der Waals surface area contributed by atoms with Crippen LogP contribution in [-0.2, 0) is 6.42 Å². The number of nitrogens with two attached hydrogens (primary N) is 1. The highest BCUT2D eigenvalue weighted by atomic mass is 16.5. The van der Waals surface area contributed by atoms with E-state index >= 15 is 0 Å². The summed E-state index contributed by atoms with van der Waals surface area (Å²) in [7, 11) is 3.41. The summed E-state index contributed by atoms with van der Waals surface area (Å²) >= 11 is 0. The van der Waals surface area contributed by atoms with Gasteiger partial charge in [-0.1, -0.05) is 6.92 Å². The van der Waals surface area contributed by atoms with Gasteiger partial charge in [-0.3, -0.25) is 0 Å². The molecule has 0 aliphatic carbocycles. The van der Waals surface area contributed by atoms with E-state index in [1.165, 1.54) is 18.4 Å². The molecule has 0 saturated heterocycles. The van der Waals surface area contributed by atoms with Crippen molar-refractivity contribution in [1.82, 2.24) is 4.90 Å². The Morgan fingerprint density at radius 2 is 1.86 bits per heavy atom. The zero-order chi connectivity index (χ0) is 15.5. The lowest BCUT2D eigenvalue weighted by Crippen LogP contribution is -2.28. The smallest absolute Gasteiger partial charge is 0.122 e. The van der Waals surface area contributed by atoms with Crippen molar-refractivity contribution in [3.63, 3.8) is 0 Å². The highest BCUT2D eigenvalue weighted by molar-refractivity contribution is 5.40. The van der Waals surface area contributed by atoms with Crippen molar-refractivity contribution in [3.8, 4) is 11.5 Å². The topological polar surface area (TPSA) is 47.7 Å². The van der Waals surface area contributed by atoms with Crippen LogP contribution in [0.3, 0.4) is 0 Å². The summed E-state index contributed by atoms with van der Waals surface area (Å²) < 4.78 is 10.8. The minimum atomic E-state index is 0.781. The Morgan fingerprint density at radius 3 is 2.48 bits per heavy atom. The van der Waals surface area contributed by atoms with Gasteiger partial charge in [0.1, 0.15) is 11.5 Å². The van der Waals surface area contributed by atoms with Crippen LogP contribution < -0.4 is 15.2 Å². The maximum Gasteiger partial charge on any atom is 0.122 e. The van der Waals surface area contributed by atoms with Crippen LogP contribution in [0.15, 0.2) is 18.2 Å². The van der Waals surface area contributed by atoms with Crippen molar-refractivity contribution < 1.29 is 9.47 Å². The van der Waals surface area contributed by atoms with E-state index in [2.05, 4.69) is 17.9 Å². The average Bonchev–Trinajstić information content (AvgIpc) is 2.52. The van der Waals surface area contributed by atoms with Crippen LogP contribution in [0.5, 0.6) is 11.5 Å². The van der Waals surface area contributed by atoms with Gasteiger partial charge in [0.05, 0.1) is 14.2 Å². The van der Waals surface area contributed by atoms with E-state index in [0.29, 0.717) is 0 Å². The number of ether oxygens (including phenoxy) is 2. The number of benzene rings is 1. The van der Waals surface area contributed by atoms with Crippen LogP contribution in [0.1, 0.15) is 31.7 Å². The second-order valence-electron chi connectivity index (χ2n) is 5.27. The molecule has 0 aromatic heterocycles. The minimum Gasteiger partial charge on any atom is -0.497 e. The minimum absolute atomic E-state index is 0.781. The first kappa shape index (κ1) is 17.8. The molecule has 1 rings (SSSR count). The third kappa shape index (κ3) is 6.36. The van der Waals surface area contributed by atoms with Gasteiger partial charge in [0.25, 0.3) is 0 Å². The number of methoxy groups -OCH3 is 2. The summed E-state index contributed by atoms with van der Waals surface area (Å²) in [4.78, 5) is 2.51. The molecule has 21 heavy (non-hydrogen) atoms. The third-order valence-electron chi connectivity index (χ3n) is 3.65. The van der Waals surface area contributed by atoms with Crippen molar-refractivity contribution in [2.75, 3.05) is 40.4 Å². The predicted molar refractivity (Wildman–Crippen MR) is 88.3 cm³/mol. The molecule has 0 aliphatic heterocycles. The Kier molecular flexibility index (Phi) is 8.87. The fourth-order valence-electron chi connectivity index (χ4n) is 2.49. The summed E-state index contributed by atoms with van der Waals surface area (Å²) in [5, 5.41) is 0. The van der Waals surface area contributed by atoms with Gasteiger partial charge in [-0.15, -0.1) is 0 Å². The van der Waals surface area contributed by atoms with Crippen LogP contribution >= 0.6 is 0 Å². The fourth-order valence-corrected chi connectivity index (χ4v) is 2.49. The van der Waals surface area contributed by atoms with Gasteiger partial charge in [-0.25, -0.2) is 0 Å². The highest BCUT2D eigenvalue weighted by Gasteiger charge is 2.08. The maximum absolute atomic E-state index is 5.57. The van der Waals surface area contributed by atoms with Crippen LogP contribution in [-0.4, -0.2) is 45.3 Å². The molecule has 0 radical (unpaired) electrons. The zero-order valence-electron chi connectivity index (χ0n) is 13.7. The molecular weight excluding hydrogens is 264 g/mol. The fraction of sp³-hybridized carbons (Fsp3) is 0.647. The Hall–Kier alpha value is -1.26. The molecule has 0 bridgehead atoms. The van der Waals surface area contributed by atoms with Gasteiger partial charge in [-0.05, 0) is 69.1 Å². The van der Waals surface area contributed by atoms with E-state index in [0.717, 1.165) is 50.5 Å². The van der Waals surface area contributed by atoms with E-state index in [1.54, 1.807) is 14.2 Å². The molecule has 0 spiro atoms. The first-order valence-corrected chi connectivity index (χ1v) is 7.88. The standard InChI is InChI=1S/C17H30N2O2/c1-4-11-19(12-6-5-10-18)13-9-15-14-16(20-2)7-8-17(15)21-3/h7-8,14H,4-6,9-13,18H2,1-3H3. The Balaban J connectivity index is 2.60. The van der Waals surface area contributed by atoms with E-state index in [4.69, 9.17) is 15.2 Å². The molecule has 1 aromatic rings. The van der Waals surface area contributed by atoms with E-state index in [1.807, 2.05) is 12.1 Å². The van der Waals surface area contributed by atoms with Crippen molar-refractivity contribution >= 4 is 0 Å². The van der Waals surface area contributed by atoms with Gasteiger partial charge >= 0.3 is 0 Å². The lowest BCUT2D eigenvalue weighted by molar-refractivity contribution is 0.271. The molecule has 1 aromatic carbocycles. The predicted octanol–water partition coefficient (Wildman–Crippen LogP) is 2.70. The van der Waals surface area contributed by atoms with Crippen LogP contribution in [0, 0.1) is 0 Å². The quantitative estimate of drug-likeness (QED) is 0.638. The van der Waals surface area contributed by atoms with Crippen molar-refractivity contribution in [2.24, 2.45) is 5.73 Å². The molecule has 0 amide bonds. The number of hydrogen-bond acceptors (Lipinski definition) is 4. The first-order valence-electron chi connectivity index (χ1n) is 7.88. The van der Waals surface area contributed by atoms with Crippen molar-refractivity contribution in [2.45, 2.75) is 32.6 Å². The summed E-state index contributed by atoms with van der Waals surface area (Å²) in [6.45, 7) is 6.31. The SMILES string of the molecule is CCCN(CCCCN)CCc1cc(OC)ccc1OC. The Bertz CT molecular complexity index is 396. The summed E-state index contributed by atoms with van der Waals surface area (Å²) in [5.74, 6) is 1.82. The van der Waals surface area contributed by atoms with Crippen LogP contribution in [0.25, 0.3) is 0 Å². The monoisotopic (exact) mass is 294 g/mol. The molecule has 0 fully saturated rings. The Labute approximate surface area is 129 Å².